The summed E-state index contributed by atoms with van der Waals surface area (Å²) < 4.78 is 13.0. The third-order valence-electron chi connectivity index (χ3n) is 5.36. The molecule has 3 amide bonds. The molecular formula is C23H28FN3O2. The molecule has 1 fully saturated rings. The molecule has 29 heavy (non-hydrogen) atoms. The van der Waals surface area contributed by atoms with Gasteiger partial charge in [-0.2, -0.15) is 0 Å². The molecule has 0 aromatic heterocycles. The van der Waals surface area contributed by atoms with Crippen molar-refractivity contribution in [2.24, 2.45) is 5.92 Å². The highest BCUT2D eigenvalue weighted by atomic mass is 19.1. The molecule has 2 N–H and O–H groups in total. The van der Waals surface area contributed by atoms with E-state index in [-0.39, 0.29) is 23.8 Å². The molecule has 0 spiro atoms. The minimum Gasteiger partial charge on any atom is -0.350 e. The van der Waals surface area contributed by atoms with Crippen molar-refractivity contribution in [3.05, 3.63) is 66.0 Å². The number of amides is 3. The third kappa shape index (κ3) is 6.31. The fourth-order valence-corrected chi connectivity index (χ4v) is 3.69. The van der Waals surface area contributed by atoms with E-state index in [0.717, 1.165) is 24.8 Å². The van der Waals surface area contributed by atoms with Gasteiger partial charge in [-0.05, 0) is 61.9 Å². The van der Waals surface area contributed by atoms with Gasteiger partial charge in [0.2, 0.25) is 5.91 Å². The Hall–Kier alpha value is -2.89. The van der Waals surface area contributed by atoms with Crippen LogP contribution >= 0.6 is 0 Å². The van der Waals surface area contributed by atoms with Crippen LogP contribution in [0.5, 0.6) is 0 Å². The standard InChI is InChI=1S/C23H28FN3O2/c1-17(19-7-3-2-4-8-19)25-22(28)14-9-18-6-5-15-27(16-18)23(29)26-21-12-10-20(24)11-13-21/h2-4,7-8,10-13,17-18H,5-6,9,14-16H2,1H3,(H,25,28)(H,26,29)/t17-,18-/m0/s1. The van der Waals surface area contributed by atoms with Gasteiger partial charge < -0.3 is 15.5 Å². The van der Waals surface area contributed by atoms with Gasteiger partial charge in [0.25, 0.3) is 0 Å². The smallest absolute Gasteiger partial charge is 0.321 e. The average molecular weight is 397 g/mol. The van der Waals surface area contributed by atoms with E-state index in [2.05, 4.69) is 10.6 Å². The average Bonchev–Trinajstić information content (AvgIpc) is 2.74. The summed E-state index contributed by atoms with van der Waals surface area (Å²) in [6, 6.07) is 15.4. The minimum absolute atomic E-state index is 0.0203. The van der Waals surface area contributed by atoms with E-state index in [4.69, 9.17) is 0 Å². The van der Waals surface area contributed by atoms with Crippen molar-refractivity contribution < 1.29 is 14.0 Å². The number of anilines is 1. The second-order valence-corrected chi connectivity index (χ2v) is 7.63. The highest BCUT2D eigenvalue weighted by molar-refractivity contribution is 5.89. The molecule has 0 unspecified atom stereocenters. The number of urea groups is 1. The fourth-order valence-electron chi connectivity index (χ4n) is 3.69. The first-order chi connectivity index (χ1) is 14.0. The summed E-state index contributed by atoms with van der Waals surface area (Å²) in [5.41, 5.74) is 1.66. The lowest BCUT2D eigenvalue weighted by molar-refractivity contribution is -0.122. The molecule has 3 rings (SSSR count). The van der Waals surface area contributed by atoms with E-state index in [1.165, 1.54) is 12.1 Å². The third-order valence-corrected chi connectivity index (χ3v) is 5.36. The van der Waals surface area contributed by atoms with Crippen molar-refractivity contribution in [1.82, 2.24) is 10.2 Å². The molecule has 0 aliphatic carbocycles. The van der Waals surface area contributed by atoms with Gasteiger partial charge in [-0.3, -0.25) is 4.79 Å². The first-order valence-electron chi connectivity index (χ1n) is 10.2. The lowest BCUT2D eigenvalue weighted by Gasteiger charge is -2.32. The highest BCUT2D eigenvalue weighted by Crippen LogP contribution is 2.22. The summed E-state index contributed by atoms with van der Waals surface area (Å²) in [4.78, 5) is 26.6. The van der Waals surface area contributed by atoms with Gasteiger partial charge in [0, 0.05) is 25.2 Å². The first kappa shape index (κ1) is 20.8. The Bertz CT molecular complexity index is 811. The summed E-state index contributed by atoms with van der Waals surface area (Å²) in [7, 11) is 0. The van der Waals surface area contributed by atoms with E-state index >= 15 is 0 Å². The SMILES string of the molecule is C[C@H](NC(=O)CC[C@@H]1CCCN(C(=O)Nc2ccc(F)cc2)C1)c1ccccc1. The molecule has 0 radical (unpaired) electrons. The van der Waals surface area contributed by atoms with Crippen LogP contribution in [0.4, 0.5) is 14.9 Å². The largest absolute Gasteiger partial charge is 0.350 e. The van der Waals surface area contributed by atoms with Crippen LogP contribution in [-0.2, 0) is 4.79 Å². The number of hydrogen-bond donors (Lipinski definition) is 2. The second kappa shape index (κ2) is 10.0. The van der Waals surface area contributed by atoms with Gasteiger partial charge in [0.05, 0.1) is 6.04 Å². The first-order valence-corrected chi connectivity index (χ1v) is 10.2. The lowest BCUT2D eigenvalue weighted by Crippen LogP contribution is -2.42. The summed E-state index contributed by atoms with van der Waals surface area (Å²) in [5.74, 6) is 0.00985. The molecule has 1 saturated heterocycles. The fraction of sp³-hybridized carbons (Fsp3) is 0.391. The number of hydrogen-bond acceptors (Lipinski definition) is 2. The number of halogens is 1. The molecule has 1 aliphatic heterocycles. The van der Waals surface area contributed by atoms with Crippen molar-refractivity contribution in [2.45, 2.75) is 38.6 Å². The van der Waals surface area contributed by atoms with Crippen LogP contribution in [0.15, 0.2) is 54.6 Å². The maximum atomic E-state index is 13.0. The Morgan fingerprint density at radius 2 is 1.86 bits per heavy atom. The Balaban J connectivity index is 1.43. The van der Waals surface area contributed by atoms with E-state index in [0.29, 0.717) is 31.1 Å². The number of benzene rings is 2. The molecule has 154 valence electrons. The van der Waals surface area contributed by atoms with E-state index in [1.54, 1.807) is 17.0 Å². The van der Waals surface area contributed by atoms with E-state index < -0.39 is 0 Å². The zero-order chi connectivity index (χ0) is 20.6. The molecule has 0 bridgehead atoms. The zero-order valence-electron chi connectivity index (χ0n) is 16.7. The van der Waals surface area contributed by atoms with Gasteiger partial charge in [-0.25, -0.2) is 9.18 Å². The van der Waals surface area contributed by atoms with Crippen molar-refractivity contribution in [3.63, 3.8) is 0 Å². The van der Waals surface area contributed by atoms with Gasteiger partial charge in [0.1, 0.15) is 5.82 Å². The van der Waals surface area contributed by atoms with Crippen LogP contribution in [0.25, 0.3) is 0 Å². The van der Waals surface area contributed by atoms with E-state index in [9.17, 15) is 14.0 Å². The molecule has 5 nitrogen and oxygen atoms in total. The highest BCUT2D eigenvalue weighted by Gasteiger charge is 2.24. The predicted molar refractivity (Wildman–Crippen MR) is 112 cm³/mol. The molecule has 0 saturated carbocycles. The zero-order valence-corrected chi connectivity index (χ0v) is 16.7. The van der Waals surface area contributed by atoms with Crippen LogP contribution in [0.2, 0.25) is 0 Å². The minimum atomic E-state index is -0.333. The number of nitrogens with one attached hydrogen (secondary N) is 2. The number of piperidine rings is 1. The number of likely N-dealkylation sites (tertiary alicyclic amines) is 1. The van der Waals surface area contributed by atoms with Gasteiger partial charge in [0.15, 0.2) is 0 Å². The second-order valence-electron chi connectivity index (χ2n) is 7.63. The Labute approximate surface area is 171 Å². The van der Waals surface area contributed by atoms with Crippen molar-refractivity contribution in [1.29, 1.82) is 0 Å². The number of carbonyl (C=O) groups excluding carboxylic acids is 2. The molecule has 2 aromatic rings. The Morgan fingerprint density at radius 3 is 2.59 bits per heavy atom. The summed E-state index contributed by atoms with van der Waals surface area (Å²) in [6.07, 6.45) is 3.15. The lowest BCUT2D eigenvalue weighted by atomic mass is 9.93. The summed E-state index contributed by atoms with van der Waals surface area (Å²) in [5, 5.41) is 5.85. The maximum Gasteiger partial charge on any atom is 0.321 e. The molecule has 2 aromatic carbocycles. The topological polar surface area (TPSA) is 61.4 Å². The van der Waals surface area contributed by atoms with Crippen molar-refractivity contribution in [2.75, 3.05) is 18.4 Å². The van der Waals surface area contributed by atoms with Crippen LogP contribution in [0.3, 0.4) is 0 Å². The van der Waals surface area contributed by atoms with E-state index in [1.807, 2.05) is 37.3 Å². The Morgan fingerprint density at radius 1 is 1.14 bits per heavy atom. The van der Waals surface area contributed by atoms with Crippen LogP contribution in [-0.4, -0.2) is 29.9 Å². The van der Waals surface area contributed by atoms with Gasteiger partial charge in [-0.15, -0.1) is 0 Å². The van der Waals surface area contributed by atoms with Crippen LogP contribution in [0.1, 0.15) is 44.2 Å². The monoisotopic (exact) mass is 397 g/mol. The van der Waals surface area contributed by atoms with Gasteiger partial charge >= 0.3 is 6.03 Å². The summed E-state index contributed by atoms with van der Waals surface area (Å²) in [6.45, 7) is 3.31. The molecular weight excluding hydrogens is 369 g/mol. The predicted octanol–water partition coefficient (Wildman–Crippen LogP) is 4.73. The number of carbonyl (C=O) groups is 2. The summed E-state index contributed by atoms with van der Waals surface area (Å²) >= 11 is 0. The molecule has 6 heteroatoms. The number of rotatable bonds is 6. The Kier molecular flexibility index (Phi) is 7.22. The molecule has 1 heterocycles. The quantitative estimate of drug-likeness (QED) is 0.740. The van der Waals surface area contributed by atoms with Crippen LogP contribution in [0, 0.1) is 11.7 Å². The van der Waals surface area contributed by atoms with Crippen LogP contribution < -0.4 is 10.6 Å². The number of nitrogens with zero attached hydrogens (tertiary/aromatic N) is 1. The normalized spacial score (nSPS) is 17.4. The van der Waals surface area contributed by atoms with Crippen molar-refractivity contribution in [3.8, 4) is 0 Å². The maximum absolute atomic E-state index is 13.0. The van der Waals surface area contributed by atoms with Crippen molar-refractivity contribution >= 4 is 17.6 Å². The molecule has 1 aliphatic rings. The van der Waals surface area contributed by atoms with Gasteiger partial charge in [-0.1, -0.05) is 30.3 Å². The molecule has 2 atom stereocenters.